The first-order valence-corrected chi connectivity index (χ1v) is 5.89. The van der Waals surface area contributed by atoms with Crippen LogP contribution in [0.1, 0.15) is 38.1 Å². The number of benzene rings is 1. The molecule has 0 saturated carbocycles. The van der Waals surface area contributed by atoms with Crippen LogP contribution in [0.2, 0.25) is 0 Å². The molecule has 0 bridgehead atoms. The number of carbonyl (C=O) groups is 1. The first-order chi connectivity index (χ1) is 7.50. The monoisotopic (exact) mass is 219 g/mol. The summed E-state index contributed by atoms with van der Waals surface area (Å²) in [5.41, 5.74) is 1.87. The average Bonchev–Trinajstić information content (AvgIpc) is 2.26. The molecule has 0 fully saturated rings. The van der Waals surface area contributed by atoms with E-state index in [-0.39, 0.29) is 11.7 Å². The highest BCUT2D eigenvalue weighted by molar-refractivity contribution is 5.97. The van der Waals surface area contributed by atoms with E-state index in [0.29, 0.717) is 5.92 Å². The Morgan fingerprint density at radius 1 is 1.12 bits per heavy atom. The van der Waals surface area contributed by atoms with Crippen molar-refractivity contribution in [1.29, 1.82) is 0 Å². The number of hydrogen-bond donors (Lipinski definition) is 1. The minimum atomic E-state index is 0.0643. The topological polar surface area (TPSA) is 29.1 Å². The van der Waals surface area contributed by atoms with Crippen molar-refractivity contribution >= 4 is 11.5 Å². The molecule has 88 valence electrons. The van der Waals surface area contributed by atoms with Crippen molar-refractivity contribution in [2.75, 3.05) is 11.9 Å². The van der Waals surface area contributed by atoms with Gasteiger partial charge in [-0.1, -0.05) is 27.7 Å². The maximum absolute atomic E-state index is 11.7. The SMILES string of the molecule is CC(C)CNc1ccc(C(=O)C(C)C)cc1. The molecule has 0 heterocycles. The van der Waals surface area contributed by atoms with Gasteiger partial charge in [-0.15, -0.1) is 0 Å². The molecule has 2 nitrogen and oxygen atoms in total. The van der Waals surface area contributed by atoms with Gasteiger partial charge >= 0.3 is 0 Å². The van der Waals surface area contributed by atoms with Crippen molar-refractivity contribution in [3.8, 4) is 0 Å². The summed E-state index contributed by atoms with van der Waals surface area (Å²) in [5.74, 6) is 0.891. The molecule has 0 unspecified atom stereocenters. The van der Waals surface area contributed by atoms with E-state index in [1.54, 1.807) is 0 Å². The summed E-state index contributed by atoms with van der Waals surface area (Å²) in [4.78, 5) is 11.7. The van der Waals surface area contributed by atoms with Crippen LogP contribution >= 0.6 is 0 Å². The maximum atomic E-state index is 11.7. The van der Waals surface area contributed by atoms with E-state index in [2.05, 4.69) is 19.2 Å². The van der Waals surface area contributed by atoms with Gasteiger partial charge in [0, 0.05) is 23.7 Å². The number of Topliss-reactive ketones (excluding diaryl/α,β-unsaturated/α-hetero) is 1. The van der Waals surface area contributed by atoms with Gasteiger partial charge in [-0.3, -0.25) is 4.79 Å². The Balaban J connectivity index is 2.64. The molecule has 0 aliphatic heterocycles. The Hall–Kier alpha value is -1.31. The number of nitrogens with one attached hydrogen (secondary N) is 1. The zero-order chi connectivity index (χ0) is 12.1. The van der Waals surface area contributed by atoms with E-state index in [4.69, 9.17) is 0 Å². The highest BCUT2D eigenvalue weighted by Crippen LogP contribution is 2.13. The molecule has 0 amide bonds. The quantitative estimate of drug-likeness (QED) is 0.767. The van der Waals surface area contributed by atoms with Crippen LogP contribution in [0.4, 0.5) is 5.69 Å². The molecular formula is C14H21NO. The summed E-state index contributed by atoms with van der Waals surface area (Å²) in [6, 6.07) is 7.73. The second-order valence-corrected chi connectivity index (χ2v) is 4.87. The van der Waals surface area contributed by atoms with E-state index in [1.165, 1.54) is 0 Å². The van der Waals surface area contributed by atoms with Crippen LogP contribution in [0.3, 0.4) is 0 Å². The Bertz CT molecular complexity index is 338. The molecule has 1 N–H and O–H groups in total. The molecule has 1 aromatic rings. The first kappa shape index (κ1) is 12.8. The third-order valence-electron chi connectivity index (χ3n) is 2.41. The molecule has 1 aromatic carbocycles. The van der Waals surface area contributed by atoms with Crippen molar-refractivity contribution in [3.63, 3.8) is 0 Å². The van der Waals surface area contributed by atoms with Crippen molar-refractivity contribution in [1.82, 2.24) is 0 Å². The van der Waals surface area contributed by atoms with Gasteiger partial charge in [-0.05, 0) is 30.2 Å². The third kappa shape index (κ3) is 3.69. The van der Waals surface area contributed by atoms with Crippen molar-refractivity contribution < 1.29 is 4.79 Å². The number of ketones is 1. The fraction of sp³-hybridized carbons (Fsp3) is 0.500. The molecule has 0 atom stereocenters. The predicted molar refractivity (Wildman–Crippen MR) is 68.9 cm³/mol. The molecule has 2 heteroatoms. The minimum Gasteiger partial charge on any atom is -0.385 e. The van der Waals surface area contributed by atoms with Gasteiger partial charge in [-0.25, -0.2) is 0 Å². The van der Waals surface area contributed by atoms with Gasteiger partial charge in [-0.2, -0.15) is 0 Å². The van der Waals surface area contributed by atoms with Crippen LogP contribution in [0.5, 0.6) is 0 Å². The average molecular weight is 219 g/mol. The minimum absolute atomic E-state index is 0.0643. The van der Waals surface area contributed by atoms with Crippen LogP contribution in [-0.4, -0.2) is 12.3 Å². The molecule has 1 rings (SSSR count). The number of carbonyl (C=O) groups excluding carboxylic acids is 1. The lowest BCUT2D eigenvalue weighted by Gasteiger charge is -2.10. The van der Waals surface area contributed by atoms with Gasteiger partial charge in [0.05, 0.1) is 0 Å². The van der Waals surface area contributed by atoms with Gasteiger partial charge in [0.15, 0.2) is 5.78 Å². The normalized spacial score (nSPS) is 10.9. The molecule has 0 aromatic heterocycles. The lowest BCUT2D eigenvalue weighted by atomic mass is 10.0. The highest BCUT2D eigenvalue weighted by atomic mass is 16.1. The Morgan fingerprint density at radius 2 is 1.69 bits per heavy atom. The van der Waals surface area contributed by atoms with E-state index >= 15 is 0 Å². The Morgan fingerprint density at radius 3 is 2.12 bits per heavy atom. The summed E-state index contributed by atoms with van der Waals surface area (Å²) in [6.07, 6.45) is 0. The number of hydrogen-bond acceptors (Lipinski definition) is 2. The largest absolute Gasteiger partial charge is 0.385 e. The lowest BCUT2D eigenvalue weighted by Crippen LogP contribution is -2.09. The summed E-state index contributed by atoms with van der Waals surface area (Å²) in [5, 5.41) is 3.33. The van der Waals surface area contributed by atoms with E-state index in [9.17, 15) is 4.79 Å². The molecule has 0 saturated heterocycles. The van der Waals surface area contributed by atoms with Gasteiger partial charge < -0.3 is 5.32 Å². The van der Waals surface area contributed by atoms with Gasteiger partial charge in [0.25, 0.3) is 0 Å². The van der Waals surface area contributed by atoms with Gasteiger partial charge in [0.2, 0.25) is 0 Å². The molecule has 0 spiro atoms. The summed E-state index contributed by atoms with van der Waals surface area (Å²) in [7, 11) is 0. The van der Waals surface area contributed by atoms with Crippen LogP contribution in [0.25, 0.3) is 0 Å². The highest BCUT2D eigenvalue weighted by Gasteiger charge is 2.09. The van der Waals surface area contributed by atoms with Gasteiger partial charge in [0.1, 0.15) is 0 Å². The predicted octanol–water partition coefficient (Wildman–Crippen LogP) is 3.59. The standard InChI is InChI=1S/C14H21NO/c1-10(2)9-15-13-7-5-12(6-8-13)14(16)11(3)4/h5-8,10-11,15H,9H2,1-4H3. The van der Waals surface area contributed by atoms with Crippen LogP contribution in [0, 0.1) is 11.8 Å². The van der Waals surface area contributed by atoms with E-state index in [0.717, 1.165) is 17.8 Å². The molecule has 0 aliphatic rings. The molecule has 0 aliphatic carbocycles. The first-order valence-electron chi connectivity index (χ1n) is 5.89. The number of anilines is 1. The zero-order valence-corrected chi connectivity index (χ0v) is 10.6. The maximum Gasteiger partial charge on any atom is 0.165 e. The van der Waals surface area contributed by atoms with Crippen LogP contribution in [0.15, 0.2) is 24.3 Å². The second-order valence-electron chi connectivity index (χ2n) is 4.87. The van der Waals surface area contributed by atoms with Crippen molar-refractivity contribution in [2.24, 2.45) is 11.8 Å². The van der Waals surface area contributed by atoms with Crippen molar-refractivity contribution in [3.05, 3.63) is 29.8 Å². The zero-order valence-electron chi connectivity index (χ0n) is 10.6. The summed E-state index contributed by atoms with van der Waals surface area (Å²) in [6.45, 7) is 9.14. The molecule has 0 radical (unpaired) electrons. The third-order valence-corrected chi connectivity index (χ3v) is 2.41. The summed E-state index contributed by atoms with van der Waals surface area (Å²) < 4.78 is 0. The fourth-order valence-corrected chi connectivity index (χ4v) is 1.41. The number of rotatable bonds is 5. The molecule has 16 heavy (non-hydrogen) atoms. The Kier molecular flexibility index (Phi) is 4.53. The summed E-state index contributed by atoms with van der Waals surface area (Å²) >= 11 is 0. The smallest absolute Gasteiger partial charge is 0.165 e. The van der Waals surface area contributed by atoms with E-state index in [1.807, 2.05) is 38.1 Å². The van der Waals surface area contributed by atoms with Crippen LogP contribution < -0.4 is 5.32 Å². The van der Waals surface area contributed by atoms with E-state index < -0.39 is 0 Å². The van der Waals surface area contributed by atoms with Crippen LogP contribution in [-0.2, 0) is 0 Å². The molecular weight excluding hydrogens is 198 g/mol. The van der Waals surface area contributed by atoms with Crippen molar-refractivity contribution in [2.45, 2.75) is 27.7 Å². The fourth-order valence-electron chi connectivity index (χ4n) is 1.41. The second kappa shape index (κ2) is 5.69. The Labute approximate surface area is 98.1 Å². The lowest BCUT2D eigenvalue weighted by molar-refractivity contribution is 0.0939.